The summed E-state index contributed by atoms with van der Waals surface area (Å²) < 4.78 is 14.0. The molecule has 3 N–H and O–H groups in total. The Morgan fingerprint density at radius 3 is 2.52 bits per heavy atom. The molecule has 1 rings (SSSR count). The number of nitrogens with one attached hydrogen (secondary N) is 3. The molecule has 0 bridgehead atoms. The molecule has 0 spiro atoms. The van der Waals surface area contributed by atoms with Crippen molar-refractivity contribution in [2.45, 2.75) is 19.9 Å². The van der Waals surface area contributed by atoms with Crippen molar-refractivity contribution < 1.29 is 14.0 Å². The van der Waals surface area contributed by atoms with Gasteiger partial charge in [0.2, 0.25) is 5.91 Å². The minimum Gasteiger partial charge on any atom is -0.347 e. The first kappa shape index (κ1) is 17.2. The summed E-state index contributed by atoms with van der Waals surface area (Å²) in [5.74, 6) is -0.892. The second-order valence-corrected chi connectivity index (χ2v) is 5.32. The summed E-state index contributed by atoms with van der Waals surface area (Å²) in [6.07, 6.45) is 0. The van der Waals surface area contributed by atoms with Crippen molar-refractivity contribution in [3.05, 3.63) is 34.6 Å². The van der Waals surface area contributed by atoms with Gasteiger partial charge in [0.05, 0.1) is 12.6 Å². The fourth-order valence-corrected chi connectivity index (χ4v) is 1.99. The molecule has 1 aromatic rings. The number of rotatable bonds is 5. The van der Waals surface area contributed by atoms with Crippen LogP contribution in [0.3, 0.4) is 0 Å². The zero-order valence-corrected chi connectivity index (χ0v) is 12.9. The van der Waals surface area contributed by atoms with Gasteiger partial charge in [-0.2, -0.15) is 0 Å². The molecule has 0 saturated carbocycles. The van der Waals surface area contributed by atoms with Gasteiger partial charge < -0.3 is 16.0 Å². The van der Waals surface area contributed by atoms with Gasteiger partial charge in [-0.05, 0) is 18.1 Å². The van der Waals surface area contributed by atoms with E-state index in [0.717, 1.165) is 0 Å². The summed E-state index contributed by atoms with van der Waals surface area (Å²) >= 11 is 5.73. The number of amides is 3. The molecule has 0 unspecified atom stereocenters. The minimum atomic E-state index is -0.499. The fourth-order valence-electron chi connectivity index (χ4n) is 1.83. The van der Waals surface area contributed by atoms with Crippen LogP contribution in [0.15, 0.2) is 18.2 Å². The highest BCUT2D eigenvalue weighted by atomic mass is 35.5. The van der Waals surface area contributed by atoms with Crippen molar-refractivity contribution in [2.24, 2.45) is 5.92 Å². The minimum absolute atomic E-state index is 0.0235. The maximum absolute atomic E-state index is 14.0. The van der Waals surface area contributed by atoms with Crippen LogP contribution in [0.2, 0.25) is 5.02 Å². The maximum Gasteiger partial charge on any atom is 0.314 e. The molecule has 7 heteroatoms. The Morgan fingerprint density at radius 1 is 1.33 bits per heavy atom. The Morgan fingerprint density at radius 2 is 2.00 bits per heavy atom. The third kappa shape index (κ3) is 5.23. The van der Waals surface area contributed by atoms with Crippen LogP contribution >= 0.6 is 11.6 Å². The topological polar surface area (TPSA) is 70.2 Å². The van der Waals surface area contributed by atoms with Gasteiger partial charge in [-0.1, -0.05) is 31.5 Å². The van der Waals surface area contributed by atoms with E-state index < -0.39 is 23.8 Å². The SMILES string of the molecule is CNC(=O)NCC(=O)N[C@H](c1ccc(Cl)cc1F)C(C)C. The van der Waals surface area contributed by atoms with E-state index in [-0.39, 0.29) is 12.5 Å². The lowest BCUT2D eigenvalue weighted by Crippen LogP contribution is -2.42. The van der Waals surface area contributed by atoms with Crippen LogP contribution in [-0.4, -0.2) is 25.5 Å². The van der Waals surface area contributed by atoms with Gasteiger partial charge in [0, 0.05) is 17.6 Å². The van der Waals surface area contributed by atoms with E-state index in [9.17, 15) is 14.0 Å². The Hall–Kier alpha value is -1.82. The average molecular weight is 316 g/mol. The van der Waals surface area contributed by atoms with E-state index in [1.165, 1.54) is 13.1 Å². The van der Waals surface area contributed by atoms with Gasteiger partial charge in [0.15, 0.2) is 0 Å². The molecule has 3 amide bonds. The van der Waals surface area contributed by atoms with E-state index >= 15 is 0 Å². The fraction of sp³-hybridized carbons (Fsp3) is 0.429. The highest BCUT2D eigenvalue weighted by Crippen LogP contribution is 2.26. The lowest BCUT2D eigenvalue weighted by Gasteiger charge is -2.23. The summed E-state index contributed by atoms with van der Waals surface area (Å²) in [6, 6.07) is 3.38. The molecule has 5 nitrogen and oxygen atoms in total. The molecule has 0 fully saturated rings. The maximum atomic E-state index is 14.0. The van der Waals surface area contributed by atoms with Gasteiger partial charge in [-0.3, -0.25) is 4.79 Å². The van der Waals surface area contributed by atoms with Crippen molar-refractivity contribution in [3.8, 4) is 0 Å². The third-order valence-corrected chi connectivity index (χ3v) is 3.15. The molecular weight excluding hydrogens is 297 g/mol. The van der Waals surface area contributed by atoms with Crippen LogP contribution in [0.1, 0.15) is 25.5 Å². The monoisotopic (exact) mass is 315 g/mol. The molecule has 21 heavy (non-hydrogen) atoms. The number of hydrogen-bond donors (Lipinski definition) is 3. The smallest absolute Gasteiger partial charge is 0.314 e. The van der Waals surface area contributed by atoms with Crippen molar-refractivity contribution in [3.63, 3.8) is 0 Å². The highest BCUT2D eigenvalue weighted by molar-refractivity contribution is 6.30. The van der Waals surface area contributed by atoms with E-state index in [1.54, 1.807) is 12.1 Å². The lowest BCUT2D eigenvalue weighted by atomic mass is 9.95. The molecule has 0 aliphatic carbocycles. The largest absolute Gasteiger partial charge is 0.347 e. The molecule has 0 aromatic heterocycles. The number of benzene rings is 1. The van der Waals surface area contributed by atoms with Gasteiger partial charge in [-0.25, -0.2) is 9.18 Å². The third-order valence-electron chi connectivity index (χ3n) is 2.92. The second kappa shape index (κ2) is 7.83. The molecule has 0 saturated heterocycles. The van der Waals surface area contributed by atoms with E-state index in [0.29, 0.717) is 10.6 Å². The van der Waals surface area contributed by atoms with Crippen LogP contribution in [0.5, 0.6) is 0 Å². The number of carbonyl (C=O) groups excluding carboxylic acids is 2. The first-order valence-electron chi connectivity index (χ1n) is 6.55. The summed E-state index contributed by atoms with van der Waals surface area (Å²) in [6.45, 7) is 3.55. The van der Waals surface area contributed by atoms with Crippen LogP contribution in [0.25, 0.3) is 0 Å². The van der Waals surface area contributed by atoms with Crippen molar-refractivity contribution in [2.75, 3.05) is 13.6 Å². The normalized spacial score (nSPS) is 11.9. The second-order valence-electron chi connectivity index (χ2n) is 4.89. The van der Waals surface area contributed by atoms with E-state index in [1.807, 2.05) is 13.8 Å². The van der Waals surface area contributed by atoms with Gasteiger partial charge >= 0.3 is 6.03 Å². The first-order chi connectivity index (χ1) is 9.85. The zero-order valence-electron chi connectivity index (χ0n) is 12.2. The van der Waals surface area contributed by atoms with Gasteiger partial charge in [-0.15, -0.1) is 0 Å². The van der Waals surface area contributed by atoms with Crippen LogP contribution in [-0.2, 0) is 4.79 Å². The Bertz CT molecular complexity index is 523. The quantitative estimate of drug-likeness (QED) is 0.779. The summed E-state index contributed by atoms with van der Waals surface area (Å²) in [4.78, 5) is 22.8. The summed E-state index contributed by atoms with van der Waals surface area (Å²) in [5.41, 5.74) is 0.364. The number of carbonyl (C=O) groups is 2. The molecule has 1 atom stereocenters. The zero-order chi connectivity index (χ0) is 16.0. The molecule has 0 heterocycles. The van der Waals surface area contributed by atoms with Crippen LogP contribution in [0.4, 0.5) is 9.18 Å². The van der Waals surface area contributed by atoms with E-state index in [4.69, 9.17) is 11.6 Å². The number of hydrogen-bond acceptors (Lipinski definition) is 2. The predicted molar refractivity (Wildman–Crippen MR) is 79.6 cm³/mol. The summed E-state index contributed by atoms with van der Waals surface area (Å²) in [7, 11) is 1.45. The summed E-state index contributed by atoms with van der Waals surface area (Å²) in [5, 5.41) is 7.72. The Kier molecular flexibility index (Phi) is 6.42. The highest BCUT2D eigenvalue weighted by Gasteiger charge is 2.21. The van der Waals surface area contributed by atoms with Gasteiger partial charge in [0.1, 0.15) is 5.82 Å². The Balaban J connectivity index is 2.78. The van der Waals surface area contributed by atoms with Crippen LogP contribution < -0.4 is 16.0 Å². The molecular formula is C14H19ClFN3O2. The Labute approximate surface area is 128 Å². The van der Waals surface area contributed by atoms with Crippen LogP contribution in [0, 0.1) is 11.7 Å². The van der Waals surface area contributed by atoms with Crippen molar-refractivity contribution >= 4 is 23.5 Å². The standard InChI is InChI=1S/C14H19ClFN3O2/c1-8(2)13(10-5-4-9(15)6-11(10)16)19-12(20)7-18-14(21)17-3/h4-6,8,13H,7H2,1-3H3,(H,19,20)(H2,17,18,21)/t13-/m0/s1. The van der Waals surface area contributed by atoms with Gasteiger partial charge in [0.25, 0.3) is 0 Å². The molecule has 0 aliphatic heterocycles. The van der Waals surface area contributed by atoms with Crippen molar-refractivity contribution in [1.29, 1.82) is 0 Å². The molecule has 0 radical (unpaired) electrons. The molecule has 0 aliphatic rings. The lowest BCUT2D eigenvalue weighted by molar-refractivity contribution is -0.121. The molecule has 1 aromatic carbocycles. The first-order valence-corrected chi connectivity index (χ1v) is 6.92. The predicted octanol–water partition coefficient (Wildman–Crippen LogP) is 2.22. The number of halogens is 2. The number of urea groups is 1. The molecule has 116 valence electrons. The van der Waals surface area contributed by atoms with E-state index in [2.05, 4.69) is 16.0 Å². The van der Waals surface area contributed by atoms with Crippen molar-refractivity contribution in [1.82, 2.24) is 16.0 Å². The average Bonchev–Trinajstić information content (AvgIpc) is 2.42.